The summed E-state index contributed by atoms with van der Waals surface area (Å²) >= 11 is 0. The fourth-order valence-electron chi connectivity index (χ4n) is 2.22. The smallest absolute Gasteiger partial charge is 0.321 e. The van der Waals surface area contributed by atoms with Gasteiger partial charge in [-0.25, -0.2) is 4.79 Å². The zero-order chi connectivity index (χ0) is 13.8. The van der Waals surface area contributed by atoms with Crippen LogP contribution in [0.1, 0.15) is 12.0 Å². The second-order valence-corrected chi connectivity index (χ2v) is 4.89. The first-order chi connectivity index (χ1) is 9.13. The number of nitrogens with one attached hydrogen (secondary N) is 1. The molecule has 0 aromatic heterocycles. The van der Waals surface area contributed by atoms with E-state index < -0.39 is 0 Å². The molecule has 104 valence electrons. The van der Waals surface area contributed by atoms with Gasteiger partial charge < -0.3 is 20.1 Å². The predicted molar refractivity (Wildman–Crippen MR) is 73.5 cm³/mol. The minimum absolute atomic E-state index is 0.118. The lowest BCUT2D eigenvalue weighted by Crippen LogP contribution is -2.33. The second kappa shape index (κ2) is 5.93. The van der Waals surface area contributed by atoms with Crippen LogP contribution in [0.15, 0.2) is 18.2 Å². The SMILES string of the molecule is COc1ccc(C)c(NC(=O)N2CCC(CO)C2)c1. The van der Waals surface area contributed by atoms with Crippen molar-refractivity contribution < 1.29 is 14.6 Å². The number of rotatable bonds is 3. The van der Waals surface area contributed by atoms with Crippen LogP contribution >= 0.6 is 0 Å². The molecule has 0 saturated carbocycles. The summed E-state index contributed by atoms with van der Waals surface area (Å²) in [4.78, 5) is 13.9. The largest absolute Gasteiger partial charge is 0.497 e. The molecule has 2 amide bonds. The average Bonchev–Trinajstić information content (AvgIpc) is 2.90. The highest BCUT2D eigenvalue weighted by atomic mass is 16.5. The lowest BCUT2D eigenvalue weighted by atomic mass is 10.1. The van der Waals surface area contributed by atoms with Crippen molar-refractivity contribution in [2.75, 3.05) is 32.1 Å². The summed E-state index contributed by atoms with van der Waals surface area (Å²) in [5.41, 5.74) is 1.75. The third kappa shape index (κ3) is 3.17. The molecule has 1 heterocycles. The molecule has 1 aromatic rings. The van der Waals surface area contributed by atoms with Gasteiger partial charge in [-0.3, -0.25) is 0 Å². The molecule has 1 aromatic carbocycles. The van der Waals surface area contributed by atoms with Crippen molar-refractivity contribution in [2.45, 2.75) is 13.3 Å². The Hall–Kier alpha value is -1.75. The van der Waals surface area contributed by atoms with E-state index in [9.17, 15) is 4.79 Å². The molecule has 1 aliphatic rings. The van der Waals surface area contributed by atoms with Gasteiger partial charge in [0, 0.05) is 37.4 Å². The van der Waals surface area contributed by atoms with Gasteiger partial charge in [-0.1, -0.05) is 6.07 Å². The third-order valence-corrected chi connectivity index (χ3v) is 3.52. The molecular weight excluding hydrogens is 244 g/mol. The van der Waals surface area contributed by atoms with Crippen LogP contribution in [-0.2, 0) is 0 Å². The Bertz CT molecular complexity index is 462. The summed E-state index contributed by atoms with van der Waals surface area (Å²) in [7, 11) is 1.60. The molecule has 0 spiro atoms. The number of aliphatic hydroxyl groups is 1. The number of amides is 2. The van der Waals surface area contributed by atoms with Crippen molar-refractivity contribution in [3.63, 3.8) is 0 Å². The Labute approximate surface area is 113 Å². The van der Waals surface area contributed by atoms with Crippen LogP contribution in [0.3, 0.4) is 0 Å². The van der Waals surface area contributed by atoms with Crippen molar-refractivity contribution in [1.29, 1.82) is 0 Å². The summed E-state index contributed by atoms with van der Waals surface area (Å²) < 4.78 is 5.15. The number of aliphatic hydroxyl groups excluding tert-OH is 1. The number of nitrogens with zero attached hydrogens (tertiary/aromatic N) is 1. The van der Waals surface area contributed by atoms with E-state index in [0.29, 0.717) is 13.1 Å². The van der Waals surface area contributed by atoms with Gasteiger partial charge in [0.05, 0.1) is 7.11 Å². The van der Waals surface area contributed by atoms with E-state index in [1.54, 1.807) is 12.0 Å². The van der Waals surface area contributed by atoms with Gasteiger partial charge in [0.15, 0.2) is 0 Å². The molecule has 2 N–H and O–H groups in total. The van der Waals surface area contributed by atoms with Gasteiger partial charge in [0.2, 0.25) is 0 Å². The Kier molecular flexibility index (Phi) is 4.27. The lowest BCUT2D eigenvalue weighted by molar-refractivity contribution is 0.208. The summed E-state index contributed by atoms with van der Waals surface area (Å²) in [5, 5.41) is 12.0. The molecule has 5 heteroatoms. The summed E-state index contributed by atoms with van der Waals surface area (Å²) in [6, 6.07) is 5.47. The van der Waals surface area contributed by atoms with Gasteiger partial charge in [-0.2, -0.15) is 0 Å². The first-order valence-electron chi connectivity index (χ1n) is 6.45. The Morgan fingerprint density at radius 3 is 3.00 bits per heavy atom. The van der Waals surface area contributed by atoms with E-state index in [-0.39, 0.29) is 18.6 Å². The topological polar surface area (TPSA) is 61.8 Å². The Morgan fingerprint density at radius 1 is 1.58 bits per heavy atom. The fourth-order valence-corrected chi connectivity index (χ4v) is 2.22. The number of carbonyl (C=O) groups is 1. The number of likely N-dealkylation sites (tertiary alicyclic amines) is 1. The molecule has 1 atom stereocenters. The number of methoxy groups -OCH3 is 1. The van der Waals surface area contributed by atoms with Gasteiger partial charge in [0.25, 0.3) is 0 Å². The highest BCUT2D eigenvalue weighted by Gasteiger charge is 2.25. The Balaban J connectivity index is 2.03. The highest BCUT2D eigenvalue weighted by molar-refractivity contribution is 5.90. The lowest BCUT2D eigenvalue weighted by Gasteiger charge is -2.18. The fraction of sp³-hybridized carbons (Fsp3) is 0.500. The van der Waals surface area contributed by atoms with Crippen molar-refractivity contribution in [3.8, 4) is 5.75 Å². The third-order valence-electron chi connectivity index (χ3n) is 3.52. The molecule has 19 heavy (non-hydrogen) atoms. The van der Waals surface area contributed by atoms with Crippen LogP contribution in [0.4, 0.5) is 10.5 Å². The molecule has 0 aliphatic carbocycles. The molecule has 1 saturated heterocycles. The van der Waals surface area contributed by atoms with E-state index >= 15 is 0 Å². The minimum atomic E-state index is -0.118. The zero-order valence-corrected chi connectivity index (χ0v) is 11.3. The number of aryl methyl sites for hydroxylation is 1. The summed E-state index contributed by atoms with van der Waals surface area (Å²) in [5.74, 6) is 0.924. The van der Waals surface area contributed by atoms with E-state index in [2.05, 4.69) is 5.32 Å². The monoisotopic (exact) mass is 264 g/mol. The molecule has 0 bridgehead atoms. The molecule has 0 radical (unpaired) electrons. The van der Waals surface area contributed by atoms with Crippen LogP contribution in [0, 0.1) is 12.8 Å². The number of urea groups is 1. The Morgan fingerprint density at radius 2 is 2.37 bits per heavy atom. The first kappa shape index (κ1) is 13.7. The number of anilines is 1. The van der Waals surface area contributed by atoms with Gasteiger partial charge >= 0.3 is 6.03 Å². The van der Waals surface area contributed by atoms with E-state index in [4.69, 9.17) is 9.84 Å². The van der Waals surface area contributed by atoms with Crippen molar-refractivity contribution in [2.24, 2.45) is 5.92 Å². The van der Waals surface area contributed by atoms with Gasteiger partial charge in [-0.15, -0.1) is 0 Å². The van der Waals surface area contributed by atoms with Crippen LogP contribution in [-0.4, -0.2) is 42.8 Å². The number of ether oxygens (including phenoxy) is 1. The number of hydrogen-bond donors (Lipinski definition) is 2. The molecule has 1 unspecified atom stereocenters. The summed E-state index contributed by atoms with van der Waals surface area (Å²) in [6.45, 7) is 3.39. The summed E-state index contributed by atoms with van der Waals surface area (Å²) in [6.07, 6.45) is 0.862. The average molecular weight is 264 g/mol. The van der Waals surface area contributed by atoms with Crippen LogP contribution in [0.2, 0.25) is 0 Å². The maximum absolute atomic E-state index is 12.1. The standard InChI is InChI=1S/C14H20N2O3/c1-10-3-4-12(19-2)7-13(10)15-14(18)16-6-5-11(8-16)9-17/h3-4,7,11,17H,5-6,8-9H2,1-2H3,(H,15,18). The van der Waals surface area contributed by atoms with Crippen molar-refractivity contribution in [3.05, 3.63) is 23.8 Å². The van der Waals surface area contributed by atoms with Crippen molar-refractivity contribution >= 4 is 11.7 Å². The first-order valence-corrected chi connectivity index (χ1v) is 6.45. The molecular formula is C14H20N2O3. The van der Waals surface area contributed by atoms with E-state index in [0.717, 1.165) is 23.4 Å². The molecule has 2 rings (SSSR count). The van der Waals surface area contributed by atoms with Crippen LogP contribution in [0.5, 0.6) is 5.75 Å². The quantitative estimate of drug-likeness (QED) is 0.875. The van der Waals surface area contributed by atoms with Crippen LogP contribution in [0.25, 0.3) is 0 Å². The maximum atomic E-state index is 12.1. The number of benzene rings is 1. The molecule has 1 aliphatic heterocycles. The number of hydrogen-bond acceptors (Lipinski definition) is 3. The van der Waals surface area contributed by atoms with E-state index in [1.807, 2.05) is 25.1 Å². The van der Waals surface area contributed by atoms with Crippen molar-refractivity contribution in [1.82, 2.24) is 4.90 Å². The maximum Gasteiger partial charge on any atom is 0.321 e. The van der Waals surface area contributed by atoms with E-state index in [1.165, 1.54) is 0 Å². The zero-order valence-electron chi connectivity index (χ0n) is 11.3. The highest BCUT2D eigenvalue weighted by Crippen LogP contribution is 2.23. The van der Waals surface area contributed by atoms with Gasteiger partial charge in [0.1, 0.15) is 5.75 Å². The van der Waals surface area contributed by atoms with Crippen LogP contribution < -0.4 is 10.1 Å². The predicted octanol–water partition coefficient (Wildman–Crippen LogP) is 1.85. The minimum Gasteiger partial charge on any atom is -0.497 e. The van der Waals surface area contributed by atoms with Gasteiger partial charge in [-0.05, 0) is 25.0 Å². The molecule has 1 fully saturated rings. The normalized spacial score (nSPS) is 18.5. The number of carbonyl (C=O) groups excluding carboxylic acids is 1. The second-order valence-electron chi connectivity index (χ2n) is 4.89. The molecule has 5 nitrogen and oxygen atoms in total.